The lowest BCUT2D eigenvalue weighted by atomic mass is 10.1. The van der Waals surface area contributed by atoms with Crippen LogP contribution in [0.1, 0.15) is 52.9 Å². The molecule has 0 aromatic rings. The maximum absolute atomic E-state index is 12.1. The highest BCUT2D eigenvalue weighted by Gasteiger charge is 2.34. The van der Waals surface area contributed by atoms with Crippen LogP contribution in [-0.4, -0.2) is 35.6 Å². The lowest BCUT2D eigenvalue weighted by molar-refractivity contribution is -0.160. The summed E-state index contributed by atoms with van der Waals surface area (Å²) in [4.78, 5) is 14.4. The molecule has 1 heterocycles. The van der Waals surface area contributed by atoms with Crippen LogP contribution in [0.4, 0.5) is 0 Å². The zero-order valence-corrected chi connectivity index (χ0v) is 11.4. The molecule has 0 unspecified atom stereocenters. The molecule has 0 bridgehead atoms. The molecule has 0 amide bonds. The van der Waals surface area contributed by atoms with Crippen LogP contribution in [0.3, 0.4) is 0 Å². The minimum absolute atomic E-state index is 0.0213. The predicted molar refractivity (Wildman–Crippen MR) is 67.8 cm³/mol. The molecular formula is C14H25NO2. The van der Waals surface area contributed by atoms with Crippen LogP contribution >= 0.6 is 0 Å². The summed E-state index contributed by atoms with van der Waals surface area (Å²) >= 11 is 0. The van der Waals surface area contributed by atoms with Crippen molar-refractivity contribution in [2.75, 3.05) is 13.1 Å². The number of esters is 1. The van der Waals surface area contributed by atoms with Crippen molar-refractivity contribution in [3.63, 3.8) is 0 Å². The second kappa shape index (κ2) is 4.97. The number of nitrogens with zero attached hydrogens (tertiary/aromatic N) is 1. The Labute approximate surface area is 105 Å². The first-order valence-electron chi connectivity index (χ1n) is 6.92. The Kier molecular flexibility index (Phi) is 3.76. The minimum Gasteiger partial charge on any atom is -0.459 e. The van der Waals surface area contributed by atoms with Crippen molar-refractivity contribution in [1.29, 1.82) is 0 Å². The van der Waals surface area contributed by atoms with Crippen molar-refractivity contribution in [3.8, 4) is 0 Å². The lowest BCUT2D eigenvalue weighted by Gasteiger charge is -2.27. The van der Waals surface area contributed by atoms with Gasteiger partial charge in [-0.15, -0.1) is 0 Å². The summed E-state index contributed by atoms with van der Waals surface area (Å²) in [6.45, 7) is 7.96. The Morgan fingerprint density at radius 1 is 1.29 bits per heavy atom. The van der Waals surface area contributed by atoms with Crippen LogP contribution in [0.5, 0.6) is 0 Å². The first-order valence-corrected chi connectivity index (χ1v) is 6.92. The van der Waals surface area contributed by atoms with Gasteiger partial charge in [0.15, 0.2) is 0 Å². The number of hydrogen-bond acceptors (Lipinski definition) is 3. The first kappa shape index (κ1) is 12.9. The Morgan fingerprint density at radius 3 is 2.59 bits per heavy atom. The van der Waals surface area contributed by atoms with Crippen LogP contribution in [0, 0.1) is 5.92 Å². The summed E-state index contributed by atoms with van der Waals surface area (Å²) in [5.74, 6) is 0.917. The van der Waals surface area contributed by atoms with Gasteiger partial charge < -0.3 is 4.74 Å². The second-order valence-electron chi connectivity index (χ2n) is 6.46. The topological polar surface area (TPSA) is 29.5 Å². The fourth-order valence-electron chi connectivity index (χ4n) is 2.49. The van der Waals surface area contributed by atoms with E-state index in [1.807, 2.05) is 20.8 Å². The van der Waals surface area contributed by atoms with Crippen LogP contribution in [-0.2, 0) is 9.53 Å². The number of hydrogen-bond donors (Lipinski definition) is 0. The van der Waals surface area contributed by atoms with E-state index in [4.69, 9.17) is 4.74 Å². The Balaban J connectivity index is 1.82. The highest BCUT2D eigenvalue weighted by atomic mass is 16.6. The monoisotopic (exact) mass is 239 g/mol. The zero-order valence-electron chi connectivity index (χ0n) is 11.4. The van der Waals surface area contributed by atoms with Gasteiger partial charge in [-0.25, -0.2) is 0 Å². The molecule has 2 rings (SSSR count). The molecule has 2 aliphatic rings. The maximum atomic E-state index is 12.1. The van der Waals surface area contributed by atoms with Gasteiger partial charge in [-0.3, -0.25) is 9.69 Å². The molecule has 3 heteroatoms. The molecule has 1 saturated heterocycles. The van der Waals surface area contributed by atoms with E-state index in [0.29, 0.717) is 0 Å². The van der Waals surface area contributed by atoms with Gasteiger partial charge in [0.25, 0.3) is 0 Å². The molecule has 1 atom stereocenters. The summed E-state index contributed by atoms with van der Waals surface area (Å²) in [5, 5.41) is 0. The highest BCUT2D eigenvalue weighted by Crippen LogP contribution is 2.33. The van der Waals surface area contributed by atoms with Gasteiger partial charge >= 0.3 is 5.97 Å². The Hall–Kier alpha value is -0.570. The van der Waals surface area contributed by atoms with Gasteiger partial charge in [-0.2, -0.15) is 0 Å². The summed E-state index contributed by atoms with van der Waals surface area (Å²) in [6, 6.07) is 0.0213. The molecule has 1 aliphatic heterocycles. The van der Waals surface area contributed by atoms with Gasteiger partial charge in [0.1, 0.15) is 11.6 Å². The average Bonchev–Trinajstić information content (AvgIpc) is 2.90. The molecule has 17 heavy (non-hydrogen) atoms. The molecule has 0 N–H and O–H groups in total. The van der Waals surface area contributed by atoms with Crippen molar-refractivity contribution in [2.45, 2.75) is 64.5 Å². The fraction of sp³-hybridized carbons (Fsp3) is 0.929. The van der Waals surface area contributed by atoms with E-state index in [1.54, 1.807) is 0 Å². The van der Waals surface area contributed by atoms with Gasteiger partial charge in [0, 0.05) is 0 Å². The van der Waals surface area contributed by atoms with E-state index in [1.165, 1.54) is 19.3 Å². The van der Waals surface area contributed by atoms with Crippen molar-refractivity contribution in [2.24, 2.45) is 5.92 Å². The third kappa shape index (κ3) is 3.98. The molecule has 0 aromatic carbocycles. The van der Waals surface area contributed by atoms with E-state index >= 15 is 0 Å². The summed E-state index contributed by atoms with van der Waals surface area (Å²) < 4.78 is 5.49. The van der Waals surface area contributed by atoms with Crippen LogP contribution < -0.4 is 0 Å². The number of carbonyl (C=O) groups excluding carboxylic acids is 1. The molecule has 1 saturated carbocycles. The summed E-state index contributed by atoms with van der Waals surface area (Å²) in [5.41, 5.74) is -0.359. The van der Waals surface area contributed by atoms with Crippen molar-refractivity contribution in [3.05, 3.63) is 0 Å². The Morgan fingerprint density at radius 2 is 2.00 bits per heavy atom. The number of likely N-dealkylation sites (tertiary alicyclic amines) is 1. The summed E-state index contributed by atoms with van der Waals surface area (Å²) in [6.07, 6.45) is 6.16. The SMILES string of the molecule is CC(C)(C)OC(=O)[C@H]1CCCN1CCC1CC1. The fourth-order valence-corrected chi connectivity index (χ4v) is 2.49. The quantitative estimate of drug-likeness (QED) is 0.706. The minimum atomic E-state index is -0.359. The predicted octanol–water partition coefficient (Wildman–Crippen LogP) is 2.59. The van der Waals surface area contributed by atoms with Crippen LogP contribution in [0.2, 0.25) is 0 Å². The molecule has 0 spiro atoms. The Bertz CT molecular complexity index is 278. The molecule has 98 valence electrons. The largest absolute Gasteiger partial charge is 0.459 e. The highest BCUT2D eigenvalue weighted by molar-refractivity contribution is 5.76. The third-order valence-electron chi connectivity index (χ3n) is 3.56. The van der Waals surface area contributed by atoms with Crippen molar-refractivity contribution >= 4 is 5.97 Å². The lowest BCUT2D eigenvalue weighted by Crippen LogP contribution is -2.41. The summed E-state index contributed by atoms with van der Waals surface area (Å²) in [7, 11) is 0. The second-order valence-corrected chi connectivity index (χ2v) is 6.46. The van der Waals surface area contributed by atoms with E-state index in [-0.39, 0.29) is 17.6 Å². The first-order chi connectivity index (χ1) is 7.96. The number of rotatable bonds is 4. The molecule has 0 radical (unpaired) electrons. The smallest absolute Gasteiger partial charge is 0.323 e. The third-order valence-corrected chi connectivity index (χ3v) is 3.56. The van der Waals surface area contributed by atoms with Crippen molar-refractivity contribution in [1.82, 2.24) is 4.90 Å². The number of carbonyl (C=O) groups is 1. The van der Waals surface area contributed by atoms with Gasteiger partial charge in [0.05, 0.1) is 0 Å². The standard InChI is InChI=1S/C14H25NO2/c1-14(2,3)17-13(16)12-5-4-9-15(12)10-8-11-6-7-11/h11-12H,4-10H2,1-3H3/t12-/m1/s1. The van der Waals surface area contributed by atoms with E-state index < -0.39 is 0 Å². The molecular weight excluding hydrogens is 214 g/mol. The van der Waals surface area contributed by atoms with Gasteiger partial charge in [0.2, 0.25) is 0 Å². The zero-order chi connectivity index (χ0) is 12.5. The number of ether oxygens (including phenoxy) is 1. The van der Waals surface area contributed by atoms with E-state index in [9.17, 15) is 4.79 Å². The molecule has 1 aliphatic carbocycles. The van der Waals surface area contributed by atoms with E-state index in [2.05, 4.69) is 4.90 Å². The maximum Gasteiger partial charge on any atom is 0.323 e. The van der Waals surface area contributed by atoms with Gasteiger partial charge in [-0.1, -0.05) is 12.8 Å². The van der Waals surface area contributed by atoms with Crippen LogP contribution in [0.25, 0.3) is 0 Å². The average molecular weight is 239 g/mol. The molecule has 2 fully saturated rings. The van der Waals surface area contributed by atoms with Gasteiger partial charge in [-0.05, 0) is 59.0 Å². The molecule has 0 aromatic heterocycles. The molecule has 3 nitrogen and oxygen atoms in total. The van der Waals surface area contributed by atoms with Crippen molar-refractivity contribution < 1.29 is 9.53 Å². The van der Waals surface area contributed by atoms with E-state index in [0.717, 1.165) is 31.8 Å². The normalized spacial score (nSPS) is 26.2. The van der Waals surface area contributed by atoms with Crippen LogP contribution in [0.15, 0.2) is 0 Å².